The van der Waals surface area contributed by atoms with Gasteiger partial charge in [0.2, 0.25) is 0 Å². The Morgan fingerprint density at radius 2 is 1.91 bits per heavy atom. The summed E-state index contributed by atoms with van der Waals surface area (Å²) in [5, 5.41) is 0. The van der Waals surface area contributed by atoms with Gasteiger partial charge in [-0.1, -0.05) is 36.4 Å². The van der Waals surface area contributed by atoms with E-state index in [0.29, 0.717) is 6.61 Å². The van der Waals surface area contributed by atoms with Gasteiger partial charge in [0.1, 0.15) is 5.65 Å². The molecule has 4 nitrogen and oxygen atoms in total. The van der Waals surface area contributed by atoms with Gasteiger partial charge >= 0.3 is 5.97 Å². The molecule has 4 rings (SSSR count). The normalized spacial score (nSPS) is 22.9. The Bertz CT molecular complexity index is 841. The molecule has 2 heterocycles. The van der Waals surface area contributed by atoms with Gasteiger partial charge in [0.05, 0.1) is 12.5 Å². The molecular formula is C19H18N2O2. The van der Waals surface area contributed by atoms with Crippen LogP contribution in [0.5, 0.6) is 0 Å². The molecule has 1 aliphatic rings. The maximum Gasteiger partial charge on any atom is 0.310 e. The van der Waals surface area contributed by atoms with Crippen molar-refractivity contribution < 1.29 is 9.53 Å². The molecule has 0 unspecified atom stereocenters. The lowest BCUT2D eigenvalue weighted by Crippen LogP contribution is -2.08. The van der Waals surface area contributed by atoms with Crippen molar-refractivity contribution in [1.29, 1.82) is 0 Å². The van der Waals surface area contributed by atoms with Gasteiger partial charge in [-0.05, 0) is 24.6 Å². The van der Waals surface area contributed by atoms with Crippen LogP contribution >= 0.6 is 0 Å². The molecule has 23 heavy (non-hydrogen) atoms. The zero-order chi connectivity index (χ0) is 15.8. The molecule has 0 aliphatic heterocycles. The third-order valence-electron chi connectivity index (χ3n) is 4.55. The second kappa shape index (κ2) is 5.54. The molecule has 0 bridgehead atoms. The van der Waals surface area contributed by atoms with Crippen LogP contribution in [0, 0.1) is 5.92 Å². The third kappa shape index (κ3) is 2.31. The quantitative estimate of drug-likeness (QED) is 0.694. The van der Waals surface area contributed by atoms with Gasteiger partial charge in [-0.15, -0.1) is 0 Å². The Morgan fingerprint density at radius 3 is 2.70 bits per heavy atom. The lowest BCUT2D eigenvalue weighted by atomic mass is 10.1. The number of hydrogen-bond donors (Lipinski definition) is 0. The molecule has 3 atom stereocenters. The fourth-order valence-electron chi connectivity index (χ4n) is 3.50. The van der Waals surface area contributed by atoms with Crippen LogP contribution in [-0.4, -0.2) is 22.0 Å². The molecule has 0 amide bonds. The lowest BCUT2D eigenvalue weighted by molar-refractivity contribution is -0.144. The molecule has 1 aromatic carbocycles. The van der Waals surface area contributed by atoms with Crippen molar-refractivity contribution in [3.05, 3.63) is 72.2 Å². The van der Waals surface area contributed by atoms with Crippen molar-refractivity contribution in [1.82, 2.24) is 9.38 Å². The van der Waals surface area contributed by atoms with Crippen LogP contribution < -0.4 is 0 Å². The summed E-state index contributed by atoms with van der Waals surface area (Å²) in [5.74, 6) is 0.0406. The van der Waals surface area contributed by atoms with Crippen LogP contribution in [0.25, 0.3) is 5.65 Å². The SMILES string of the molecule is CCOC(=O)[C@@H]1[C@H](c2ccccc2)[C@H]1c1cnc2ccccn12. The Balaban J connectivity index is 1.74. The van der Waals surface area contributed by atoms with Crippen LogP contribution in [0.15, 0.2) is 60.9 Å². The number of benzene rings is 1. The van der Waals surface area contributed by atoms with Gasteiger partial charge in [0, 0.05) is 29.9 Å². The van der Waals surface area contributed by atoms with Crippen LogP contribution in [0.2, 0.25) is 0 Å². The molecule has 116 valence electrons. The predicted octanol–water partition coefficient (Wildman–Crippen LogP) is 3.39. The number of rotatable bonds is 4. The number of nitrogens with zero attached hydrogens (tertiary/aromatic N) is 2. The third-order valence-corrected chi connectivity index (χ3v) is 4.55. The number of ether oxygens (including phenoxy) is 1. The Kier molecular flexibility index (Phi) is 3.37. The van der Waals surface area contributed by atoms with E-state index in [0.717, 1.165) is 11.3 Å². The first kappa shape index (κ1) is 14.0. The van der Waals surface area contributed by atoms with E-state index in [9.17, 15) is 4.79 Å². The number of fused-ring (bicyclic) bond motifs is 1. The minimum Gasteiger partial charge on any atom is -0.466 e. The Morgan fingerprint density at radius 1 is 1.13 bits per heavy atom. The highest BCUT2D eigenvalue weighted by molar-refractivity contribution is 5.80. The van der Waals surface area contributed by atoms with Gasteiger partial charge < -0.3 is 9.14 Å². The van der Waals surface area contributed by atoms with Gasteiger partial charge in [0.15, 0.2) is 0 Å². The number of hydrogen-bond acceptors (Lipinski definition) is 3. The highest BCUT2D eigenvalue weighted by Gasteiger charge is 2.58. The van der Waals surface area contributed by atoms with E-state index in [1.165, 1.54) is 5.56 Å². The van der Waals surface area contributed by atoms with Crippen LogP contribution in [0.3, 0.4) is 0 Å². The molecule has 1 saturated carbocycles. The average molecular weight is 306 g/mol. The number of aromatic nitrogens is 2. The van der Waals surface area contributed by atoms with E-state index in [1.807, 2.05) is 55.7 Å². The minimum absolute atomic E-state index is 0.114. The van der Waals surface area contributed by atoms with Crippen LogP contribution in [0.1, 0.15) is 30.0 Å². The summed E-state index contributed by atoms with van der Waals surface area (Å²) < 4.78 is 7.36. The zero-order valence-corrected chi connectivity index (χ0v) is 12.9. The average Bonchev–Trinajstić information content (AvgIpc) is 3.19. The highest BCUT2D eigenvalue weighted by atomic mass is 16.5. The monoisotopic (exact) mass is 306 g/mol. The first-order valence-electron chi connectivity index (χ1n) is 7.95. The van der Waals surface area contributed by atoms with Crippen molar-refractivity contribution in [2.24, 2.45) is 5.92 Å². The fourth-order valence-corrected chi connectivity index (χ4v) is 3.50. The van der Waals surface area contributed by atoms with E-state index >= 15 is 0 Å². The molecule has 1 fully saturated rings. The topological polar surface area (TPSA) is 43.6 Å². The van der Waals surface area contributed by atoms with E-state index in [-0.39, 0.29) is 23.7 Å². The van der Waals surface area contributed by atoms with Crippen LogP contribution in [-0.2, 0) is 9.53 Å². The van der Waals surface area contributed by atoms with E-state index in [1.54, 1.807) is 0 Å². The van der Waals surface area contributed by atoms with E-state index < -0.39 is 0 Å². The molecule has 0 spiro atoms. The largest absolute Gasteiger partial charge is 0.466 e. The maximum atomic E-state index is 12.4. The second-order valence-corrected chi connectivity index (χ2v) is 5.85. The highest BCUT2D eigenvalue weighted by Crippen LogP contribution is 2.60. The smallest absolute Gasteiger partial charge is 0.310 e. The summed E-state index contributed by atoms with van der Waals surface area (Å²) in [5.41, 5.74) is 3.16. The van der Waals surface area contributed by atoms with Gasteiger partial charge in [0.25, 0.3) is 0 Å². The predicted molar refractivity (Wildman–Crippen MR) is 87.2 cm³/mol. The fraction of sp³-hybridized carbons (Fsp3) is 0.263. The van der Waals surface area contributed by atoms with Crippen molar-refractivity contribution in [2.75, 3.05) is 6.61 Å². The summed E-state index contributed by atoms with van der Waals surface area (Å²) in [7, 11) is 0. The maximum absolute atomic E-state index is 12.4. The lowest BCUT2D eigenvalue weighted by Gasteiger charge is -2.01. The summed E-state index contributed by atoms with van der Waals surface area (Å²) in [6.45, 7) is 2.26. The molecule has 3 aromatic rings. The molecule has 0 radical (unpaired) electrons. The van der Waals surface area contributed by atoms with E-state index in [4.69, 9.17) is 4.74 Å². The summed E-state index contributed by atoms with van der Waals surface area (Å²) in [4.78, 5) is 16.8. The number of carbonyl (C=O) groups excluding carboxylic acids is 1. The molecule has 0 saturated heterocycles. The number of imidazole rings is 1. The summed E-state index contributed by atoms with van der Waals surface area (Å²) >= 11 is 0. The van der Waals surface area contributed by atoms with Crippen molar-refractivity contribution >= 4 is 11.6 Å². The molecule has 2 aromatic heterocycles. The first-order valence-corrected chi connectivity index (χ1v) is 7.95. The zero-order valence-electron chi connectivity index (χ0n) is 12.9. The Labute approximate surface area is 134 Å². The Hall–Kier alpha value is -2.62. The minimum atomic E-state index is -0.127. The standard InChI is InChI=1S/C19H18N2O2/c1-2-23-19(22)18-16(13-8-4-3-5-9-13)17(18)14-12-20-15-10-6-7-11-21(14)15/h3-12,16-18H,2H2,1H3/t16-,17-,18-/m1/s1. The number of esters is 1. The molecule has 4 heteroatoms. The van der Waals surface area contributed by atoms with Crippen LogP contribution in [0.4, 0.5) is 0 Å². The molecule has 1 aliphatic carbocycles. The van der Waals surface area contributed by atoms with Crippen molar-refractivity contribution in [2.45, 2.75) is 18.8 Å². The van der Waals surface area contributed by atoms with Crippen molar-refractivity contribution in [3.63, 3.8) is 0 Å². The van der Waals surface area contributed by atoms with Gasteiger partial charge in [-0.2, -0.15) is 0 Å². The number of carbonyl (C=O) groups is 1. The molecular weight excluding hydrogens is 288 g/mol. The molecule has 0 N–H and O–H groups in total. The van der Waals surface area contributed by atoms with Crippen molar-refractivity contribution in [3.8, 4) is 0 Å². The summed E-state index contributed by atoms with van der Waals surface area (Å²) in [6, 6.07) is 16.1. The van der Waals surface area contributed by atoms with E-state index in [2.05, 4.69) is 21.5 Å². The van der Waals surface area contributed by atoms with Gasteiger partial charge in [-0.3, -0.25) is 4.79 Å². The second-order valence-electron chi connectivity index (χ2n) is 5.85. The number of pyridine rings is 1. The first-order chi connectivity index (χ1) is 11.3. The summed E-state index contributed by atoms with van der Waals surface area (Å²) in [6.07, 6.45) is 3.88. The van der Waals surface area contributed by atoms with Gasteiger partial charge in [-0.25, -0.2) is 4.98 Å².